The predicted molar refractivity (Wildman–Crippen MR) is 79.3 cm³/mol. The maximum Gasteiger partial charge on any atom is 0.346 e. The molecule has 0 spiro atoms. The van der Waals surface area contributed by atoms with Gasteiger partial charge in [0.05, 0.1) is 12.8 Å². The van der Waals surface area contributed by atoms with Crippen LogP contribution in [0.3, 0.4) is 0 Å². The van der Waals surface area contributed by atoms with E-state index in [9.17, 15) is 9.59 Å². The number of ether oxygens (including phenoxy) is 1. The third-order valence-electron chi connectivity index (χ3n) is 3.48. The molecule has 2 rings (SSSR count). The van der Waals surface area contributed by atoms with Gasteiger partial charge in [-0.25, -0.2) is 4.79 Å². The topological polar surface area (TPSA) is 71.0 Å². The lowest BCUT2D eigenvalue weighted by atomic mass is 10.00. The minimum atomic E-state index is -0.881. The SMILES string of the molecule is CCOc1ccccc1/C=N\N1C(=O)N[C@](C)(CC)C1=O. The molecule has 21 heavy (non-hydrogen) atoms. The number of carbonyl (C=O) groups is 2. The molecule has 6 heteroatoms. The first kappa shape index (κ1) is 15.0. The van der Waals surface area contributed by atoms with Gasteiger partial charge in [0, 0.05) is 5.56 Å². The smallest absolute Gasteiger partial charge is 0.346 e. The molecule has 3 amide bonds. The summed E-state index contributed by atoms with van der Waals surface area (Å²) in [5.74, 6) is 0.314. The number of urea groups is 1. The fraction of sp³-hybridized carbons (Fsp3) is 0.400. The van der Waals surface area contributed by atoms with Gasteiger partial charge in [-0.3, -0.25) is 4.79 Å². The summed E-state index contributed by atoms with van der Waals surface area (Å²) in [6.45, 7) is 5.95. The van der Waals surface area contributed by atoms with E-state index in [1.165, 1.54) is 6.21 Å². The Kier molecular flexibility index (Phi) is 4.26. The first-order chi connectivity index (χ1) is 10.0. The molecule has 6 nitrogen and oxygen atoms in total. The van der Waals surface area contributed by atoms with Crippen molar-refractivity contribution in [1.82, 2.24) is 10.3 Å². The zero-order valence-electron chi connectivity index (χ0n) is 12.4. The first-order valence-electron chi connectivity index (χ1n) is 6.94. The summed E-state index contributed by atoms with van der Waals surface area (Å²) in [6.07, 6.45) is 1.98. The van der Waals surface area contributed by atoms with Crippen molar-refractivity contribution in [3.63, 3.8) is 0 Å². The van der Waals surface area contributed by atoms with Crippen molar-refractivity contribution in [2.24, 2.45) is 5.10 Å². The van der Waals surface area contributed by atoms with Crippen LogP contribution in [0.4, 0.5) is 4.79 Å². The van der Waals surface area contributed by atoms with Gasteiger partial charge in [0.1, 0.15) is 11.3 Å². The minimum absolute atomic E-state index is 0.347. The van der Waals surface area contributed by atoms with Gasteiger partial charge in [-0.15, -0.1) is 5.01 Å². The number of carbonyl (C=O) groups excluding carboxylic acids is 2. The van der Waals surface area contributed by atoms with E-state index in [-0.39, 0.29) is 5.91 Å². The van der Waals surface area contributed by atoms with Crippen molar-refractivity contribution in [3.8, 4) is 5.75 Å². The molecular weight excluding hydrogens is 270 g/mol. The normalized spacial score (nSPS) is 22.0. The molecule has 1 aromatic carbocycles. The average Bonchev–Trinajstić information content (AvgIpc) is 2.69. The van der Waals surface area contributed by atoms with Crippen molar-refractivity contribution in [3.05, 3.63) is 29.8 Å². The molecule has 0 aliphatic carbocycles. The zero-order chi connectivity index (χ0) is 15.5. The number of imide groups is 1. The highest BCUT2D eigenvalue weighted by Crippen LogP contribution is 2.21. The van der Waals surface area contributed by atoms with Crippen molar-refractivity contribution in [2.45, 2.75) is 32.7 Å². The molecule has 1 aliphatic heterocycles. The second-order valence-corrected chi connectivity index (χ2v) is 4.95. The Hall–Kier alpha value is -2.37. The average molecular weight is 289 g/mol. The van der Waals surface area contributed by atoms with Crippen LogP contribution in [0.5, 0.6) is 5.75 Å². The summed E-state index contributed by atoms with van der Waals surface area (Å²) in [4.78, 5) is 24.0. The van der Waals surface area contributed by atoms with Crippen LogP contribution in [0.25, 0.3) is 0 Å². The Morgan fingerprint density at radius 1 is 1.33 bits per heavy atom. The first-order valence-corrected chi connectivity index (χ1v) is 6.94. The van der Waals surface area contributed by atoms with E-state index in [0.717, 1.165) is 5.01 Å². The predicted octanol–water partition coefficient (Wildman–Crippen LogP) is 2.14. The van der Waals surface area contributed by atoms with Gasteiger partial charge < -0.3 is 10.1 Å². The summed E-state index contributed by atoms with van der Waals surface area (Å²) < 4.78 is 5.47. The maximum absolute atomic E-state index is 12.2. The summed E-state index contributed by atoms with van der Waals surface area (Å²) in [6, 6.07) is 6.81. The van der Waals surface area contributed by atoms with E-state index in [1.807, 2.05) is 38.1 Å². The van der Waals surface area contributed by atoms with E-state index in [1.54, 1.807) is 6.92 Å². The molecule has 1 N–H and O–H groups in total. The number of amides is 3. The van der Waals surface area contributed by atoms with Gasteiger partial charge in [-0.2, -0.15) is 5.10 Å². The van der Waals surface area contributed by atoms with E-state index in [4.69, 9.17) is 4.74 Å². The largest absolute Gasteiger partial charge is 0.493 e. The minimum Gasteiger partial charge on any atom is -0.493 e. The van der Waals surface area contributed by atoms with Gasteiger partial charge in [-0.05, 0) is 32.4 Å². The molecule has 1 fully saturated rings. The molecule has 0 aromatic heterocycles. The third kappa shape index (κ3) is 2.89. The fourth-order valence-corrected chi connectivity index (χ4v) is 2.01. The van der Waals surface area contributed by atoms with Crippen molar-refractivity contribution >= 4 is 18.2 Å². The summed E-state index contributed by atoms with van der Waals surface area (Å²) in [5.41, 5.74) is -0.168. The number of hydrazone groups is 1. The van der Waals surface area contributed by atoms with Crippen LogP contribution in [0.1, 0.15) is 32.8 Å². The standard InChI is InChI=1S/C15H19N3O3/c1-4-15(3)13(19)18(14(20)17-15)16-10-11-8-6-7-9-12(11)21-5-2/h6-10H,4-5H2,1-3H3,(H,17,20)/b16-10-/t15-/m1/s1. The lowest BCUT2D eigenvalue weighted by Gasteiger charge is -2.17. The van der Waals surface area contributed by atoms with Gasteiger partial charge in [0.25, 0.3) is 5.91 Å². The Morgan fingerprint density at radius 2 is 2.05 bits per heavy atom. The molecule has 0 bridgehead atoms. The van der Waals surface area contributed by atoms with Crippen LogP contribution in [0.2, 0.25) is 0 Å². The number of hydrogen-bond donors (Lipinski definition) is 1. The quantitative estimate of drug-likeness (QED) is 0.667. The molecule has 1 atom stereocenters. The fourth-order valence-electron chi connectivity index (χ4n) is 2.01. The van der Waals surface area contributed by atoms with E-state index in [2.05, 4.69) is 10.4 Å². The number of nitrogens with one attached hydrogen (secondary N) is 1. The molecule has 1 heterocycles. The van der Waals surface area contributed by atoms with Gasteiger partial charge in [0.15, 0.2) is 0 Å². The Morgan fingerprint density at radius 3 is 2.67 bits per heavy atom. The maximum atomic E-state index is 12.2. The Balaban J connectivity index is 2.22. The lowest BCUT2D eigenvalue weighted by molar-refractivity contribution is -0.130. The van der Waals surface area contributed by atoms with Crippen LogP contribution < -0.4 is 10.1 Å². The van der Waals surface area contributed by atoms with Crippen LogP contribution in [-0.2, 0) is 4.79 Å². The van der Waals surface area contributed by atoms with Gasteiger partial charge in [-0.1, -0.05) is 19.1 Å². The lowest BCUT2D eigenvalue weighted by Crippen LogP contribution is -2.42. The zero-order valence-corrected chi connectivity index (χ0v) is 12.4. The highest BCUT2D eigenvalue weighted by molar-refractivity contribution is 6.07. The van der Waals surface area contributed by atoms with Crippen LogP contribution in [-0.4, -0.2) is 35.3 Å². The summed E-state index contributed by atoms with van der Waals surface area (Å²) >= 11 is 0. The third-order valence-corrected chi connectivity index (χ3v) is 3.48. The summed E-state index contributed by atoms with van der Waals surface area (Å²) in [5, 5.41) is 7.52. The second-order valence-electron chi connectivity index (χ2n) is 4.95. The van der Waals surface area contributed by atoms with Crippen LogP contribution in [0.15, 0.2) is 29.4 Å². The highest BCUT2D eigenvalue weighted by Gasteiger charge is 2.46. The Labute approximate surface area is 123 Å². The van der Waals surface area contributed by atoms with E-state index < -0.39 is 11.6 Å². The number of nitrogens with zero attached hydrogens (tertiary/aromatic N) is 2. The number of rotatable bonds is 5. The van der Waals surface area contributed by atoms with Crippen molar-refractivity contribution < 1.29 is 14.3 Å². The van der Waals surface area contributed by atoms with E-state index >= 15 is 0 Å². The van der Waals surface area contributed by atoms with Crippen molar-refractivity contribution in [2.75, 3.05) is 6.61 Å². The highest BCUT2D eigenvalue weighted by atomic mass is 16.5. The van der Waals surface area contributed by atoms with Crippen LogP contribution >= 0.6 is 0 Å². The number of benzene rings is 1. The molecule has 1 aromatic rings. The molecule has 112 valence electrons. The molecule has 1 saturated heterocycles. The molecule has 0 radical (unpaired) electrons. The van der Waals surface area contributed by atoms with Gasteiger partial charge >= 0.3 is 6.03 Å². The molecule has 1 aliphatic rings. The van der Waals surface area contributed by atoms with Crippen LogP contribution in [0, 0.1) is 0 Å². The monoisotopic (exact) mass is 289 g/mol. The molecule has 0 saturated carbocycles. The molecular formula is C15H19N3O3. The Bertz CT molecular complexity index is 585. The van der Waals surface area contributed by atoms with E-state index in [0.29, 0.717) is 24.3 Å². The van der Waals surface area contributed by atoms with Crippen molar-refractivity contribution in [1.29, 1.82) is 0 Å². The number of hydrogen-bond acceptors (Lipinski definition) is 4. The molecule has 0 unspecified atom stereocenters. The second kappa shape index (κ2) is 5.95. The number of para-hydroxylation sites is 1. The summed E-state index contributed by atoms with van der Waals surface area (Å²) in [7, 11) is 0. The van der Waals surface area contributed by atoms with Gasteiger partial charge in [0.2, 0.25) is 0 Å².